The van der Waals surface area contributed by atoms with E-state index in [1.807, 2.05) is 0 Å². The molecular formula is C8H19N3O2. The number of nitrogens with one attached hydrogen (secondary N) is 2. The quantitative estimate of drug-likeness (QED) is 0.404. The third-order valence-electron chi connectivity index (χ3n) is 1.61. The van der Waals surface area contributed by atoms with Crippen molar-refractivity contribution in [1.82, 2.24) is 10.6 Å². The van der Waals surface area contributed by atoms with Gasteiger partial charge in [-0.05, 0) is 38.9 Å². The van der Waals surface area contributed by atoms with E-state index in [0.717, 1.165) is 32.4 Å². The van der Waals surface area contributed by atoms with Gasteiger partial charge in [0.2, 0.25) is 0 Å². The van der Waals surface area contributed by atoms with Gasteiger partial charge in [0, 0.05) is 6.54 Å². The molecule has 78 valence electrons. The van der Waals surface area contributed by atoms with Gasteiger partial charge in [-0.2, -0.15) is 0 Å². The van der Waals surface area contributed by atoms with Crippen molar-refractivity contribution in [3.63, 3.8) is 0 Å². The Morgan fingerprint density at radius 2 is 1.77 bits per heavy atom. The van der Waals surface area contributed by atoms with Crippen LogP contribution in [0.3, 0.4) is 0 Å². The maximum absolute atomic E-state index is 10.0. The van der Waals surface area contributed by atoms with Crippen molar-refractivity contribution in [3.8, 4) is 0 Å². The number of unbranched alkanes of at least 4 members (excludes halogenated alkanes) is 1. The highest BCUT2D eigenvalue weighted by Crippen LogP contribution is 1.84. The molecule has 0 saturated carbocycles. The molecule has 0 aliphatic heterocycles. The molecule has 0 radical (unpaired) electrons. The van der Waals surface area contributed by atoms with Crippen LogP contribution in [0.4, 0.5) is 4.79 Å². The molecule has 0 atom stereocenters. The number of carbonyl (C=O) groups is 1. The zero-order valence-corrected chi connectivity index (χ0v) is 7.88. The molecule has 0 aromatic heterocycles. The van der Waals surface area contributed by atoms with Gasteiger partial charge in [-0.3, -0.25) is 0 Å². The van der Waals surface area contributed by atoms with Gasteiger partial charge in [-0.25, -0.2) is 4.79 Å². The molecule has 0 fully saturated rings. The molecular weight excluding hydrogens is 170 g/mol. The van der Waals surface area contributed by atoms with Crippen LogP contribution in [-0.4, -0.2) is 37.4 Å². The first-order valence-electron chi connectivity index (χ1n) is 4.65. The van der Waals surface area contributed by atoms with E-state index in [4.69, 9.17) is 10.8 Å². The Kier molecular flexibility index (Phi) is 8.70. The molecule has 0 unspecified atom stereocenters. The van der Waals surface area contributed by atoms with Gasteiger partial charge in [0.15, 0.2) is 0 Å². The van der Waals surface area contributed by atoms with Crippen molar-refractivity contribution >= 4 is 6.09 Å². The van der Waals surface area contributed by atoms with E-state index in [2.05, 4.69) is 10.6 Å². The van der Waals surface area contributed by atoms with Crippen molar-refractivity contribution in [3.05, 3.63) is 0 Å². The SMILES string of the molecule is NCCCNCCCCNC(=O)O. The van der Waals surface area contributed by atoms with Crippen LogP contribution in [0.15, 0.2) is 0 Å². The first-order chi connectivity index (χ1) is 6.27. The molecule has 0 aliphatic rings. The van der Waals surface area contributed by atoms with Gasteiger partial charge in [-0.15, -0.1) is 0 Å². The average Bonchev–Trinajstić information content (AvgIpc) is 2.09. The molecule has 5 heteroatoms. The lowest BCUT2D eigenvalue weighted by atomic mass is 10.3. The second-order valence-corrected chi connectivity index (χ2v) is 2.83. The van der Waals surface area contributed by atoms with Crippen molar-refractivity contribution in [1.29, 1.82) is 0 Å². The summed E-state index contributed by atoms with van der Waals surface area (Å²) < 4.78 is 0. The van der Waals surface area contributed by atoms with E-state index in [1.165, 1.54) is 0 Å². The van der Waals surface area contributed by atoms with E-state index in [-0.39, 0.29) is 0 Å². The van der Waals surface area contributed by atoms with E-state index in [1.54, 1.807) is 0 Å². The Labute approximate surface area is 78.7 Å². The van der Waals surface area contributed by atoms with E-state index < -0.39 is 6.09 Å². The Balaban J connectivity index is 2.87. The topological polar surface area (TPSA) is 87.4 Å². The molecule has 0 aromatic carbocycles. The summed E-state index contributed by atoms with van der Waals surface area (Å²) in [5, 5.41) is 13.8. The molecule has 0 saturated heterocycles. The van der Waals surface area contributed by atoms with Crippen molar-refractivity contribution < 1.29 is 9.90 Å². The van der Waals surface area contributed by atoms with Gasteiger partial charge in [-0.1, -0.05) is 0 Å². The number of nitrogens with two attached hydrogens (primary N) is 1. The maximum atomic E-state index is 10.0. The summed E-state index contributed by atoms with van der Waals surface area (Å²) in [6, 6.07) is 0. The lowest BCUT2D eigenvalue weighted by Gasteiger charge is -2.03. The first-order valence-corrected chi connectivity index (χ1v) is 4.65. The minimum Gasteiger partial charge on any atom is -0.465 e. The molecule has 5 nitrogen and oxygen atoms in total. The standard InChI is InChI=1S/C8H19N3O2/c9-4-3-6-10-5-1-2-7-11-8(12)13/h10-11H,1-7,9H2,(H,12,13). The molecule has 0 bridgehead atoms. The lowest BCUT2D eigenvalue weighted by Crippen LogP contribution is -2.24. The second kappa shape index (κ2) is 9.28. The highest BCUT2D eigenvalue weighted by Gasteiger charge is 1.92. The second-order valence-electron chi connectivity index (χ2n) is 2.83. The third-order valence-corrected chi connectivity index (χ3v) is 1.61. The molecule has 0 rings (SSSR count). The zero-order chi connectivity index (χ0) is 9.94. The van der Waals surface area contributed by atoms with Gasteiger partial charge in [0.25, 0.3) is 0 Å². The van der Waals surface area contributed by atoms with Gasteiger partial charge in [0.05, 0.1) is 0 Å². The number of amides is 1. The van der Waals surface area contributed by atoms with Crippen LogP contribution in [-0.2, 0) is 0 Å². The summed E-state index contributed by atoms with van der Waals surface area (Å²) in [6.45, 7) is 3.13. The van der Waals surface area contributed by atoms with E-state index in [9.17, 15) is 4.79 Å². The summed E-state index contributed by atoms with van der Waals surface area (Å²) in [6.07, 6.45) is 1.91. The van der Waals surface area contributed by atoms with Gasteiger partial charge in [0.1, 0.15) is 0 Å². The molecule has 13 heavy (non-hydrogen) atoms. The summed E-state index contributed by atoms with van der Waals surface area (Å²) in [5.74, 6) is 0. The lowest BCUT2D eigenvalue weighted by molar-refractivity contribution is 0.194. The predicted octanol–water partition coefficient (Wildman–Crippen LogP) is -0.0274. The van der Waals surface area contributed by atoms with Crippen LogP contribution in [0.1, 0.15) is 19.3 Å². The smallest absolute Gasteiger partial charge is 0.404 e. The molecule has 0 aliphatic carbocycles. The average molecular weight is 189 g/mol. The molecule has 5 N–H and O–H groups in total. The summed E-state index contributed by atoms with van der Waals surface area (Å²) >= 11 is 0. The Hall–Kier alpha value is -0.810. The van der Waals surface area contributed by atoms with Crippen LogP contribution < -0.4 is 16.4 Å². The number of carboxylic acid groups (broad SMARTS) is 1. The first kappa shape index (κ1) is 12.2. The molecule has 0 spiro atoms. The van der Waals surface area contributed by atoms with Crippen LogP contribution >= 0.6 is 0 Å². The van der Waals surface area contributed by atoms with Crippen molar-refractivity contribution in [2.45, 2.75) is 19.3 Å². The van der Waals surface area contributed by atoms with Crippen LogP contribution in [0.5, 0.6) is 0 Å². The predicted molar refractivity (Wildman–Crippen MR) is 51.8 cm³/mol. The summed E-state index contributed by atoms with van der Waals surface area (Å²) in [4.78, 5) is 10.0. The number of rotatable bonds is 8. The molecule has 0 heterocycles. The maximum Gasteiger partial charge on any atom is 0.404 e. The summed E-state index contributed by atoms with van der Waals surface area (Å²) in [5.41, 5.74) is 5.31. The Morgan fingerprint density at radius 1 is 1.15 bits per heavy atom. The minimum atomic E-state index is -0.948. The fraction of sp³-hybridized carbons (Fsp3) is 0.875. The van der Waals surface area contributed by atoms with E-state index >= 15 is 0 Å². The van der Waals surface area contributed by atoms with Gasteiger partial charge < -0.3 is 21.5 Å². The number of hydrogen-bond donors (Lipinski definition) is 4. The molecule has 1 amide bonds. The monoisotopic (exact) mass is 189 g/mol. The summed E-state index contributed by atoms with van der Waals surface area (Å²) in [7, 11) is 0. The molecule has 0 aromatic rings. The van der Waals surface area contributed by atoms with Gasteiger partial charge >= 0.3 is 6.09 Å². The zero-order valence-electron chi connectivity index (χ0n) is 7.88. The van der Waals surface area contributed by atoms with Crippen molar-refractivity contribution in [2.75, 3.05) is 26.2 Å². The van der Waals surface area contributed by atoms with Crippen molar-refractivity contribution in [2.24, 2.45) is 5.73 Å². The van der Waals surface area contributed by atoms with E-state index in [0.29, 0.717) is 13.1 Å². The fourth-order valence-electron chi connectivity index (χ4n) is 0.922. The fourth-order valence-corrected chi connectivity index (χ4v) is 0.922. The third kappa shape index (κ3) is 11.2. The Bertz CT molecular complexity index is 131. The number of hydrogen-bond acceptors (Lipinski definition) is 3. The van der Waals surface area contributed by atoms with Crippen LogP contribution in [0.25, 0.3) is 0 Å². The normalized spacial score (nSPS) is 9.92. The van der Waals surface area contributed by atoms with Crippen LogP contribution in [0.2, 0.25) is 0 Å². The highest BCUT2D eigenvalue weighted by molar-refractivity contribution is 5.64. The minimum absolute atomic E-state index is 0.536. The largest absolute Gasteiger partial charge is 0.465 e. The highest BCUT2D eigenvalue weighted by atomic mass is 16.4. The Morgan fingerprint density at radius 3 is 2.38 bits per heavy atom. The van der Waals surface area contributed by atoms with Crippen LogP contribution in [0, 0.1) is 0 Å².